The van der Waals surface area contributed by atoms with Gasteiger partial charge in [-0.1, -0.05) is 35.3 Å². The third-order valence-electron chi connectivity index (χ3n) is 4.83. The van der Waals surface area contributed by atoms with Gasteiger partial charge in [-0.2, -0.15) is 5.10 Å². The number of fused-ring (bicyclic) bond motifs is 1. The number of benzene rings is 3. The summed E-state index contributed by atoms with van der Waals surface area (Å²) < 4.78 is 5.98. The van der Waals surface area contributed by atoms with Crippen LogP contribution in [0.5, 0.6) is 5.75 Å². The maximum Gasteiger partial charge on any atom is 0.339 e. The first-order valence-electron chi connectivity index (χ1n) is 9.78. The minimum atomic E-state index is -0.459. The molecule has 0 atom stereocenters. The quantitative estimate of drug-likeness (QED) is 0.360. The van der Waals surface area contributed by atoms with E-state index < -0.39 is 6.03 Å². The molecule has 3 aromatic carbocycles. The lowest BCUT2D eigenvalue weighted by Gasteiger charge is -2.16. The summed E-state index contributed by atoms with van der Waals surface area (Å²) in [6.07, 6.45) is 0.800. The molecule has 1 aliphatic heterocycles. The molecule has 31 heavy (non-hydrogen) atoms. The molecule has 0 radical (unpaired) electrons. The highest BCUT2D eigenvalue weighted by Gasteiger charge is 2.30. The molecule has 0 bridgehead atoms. The first-order chi connectivity index (χ1) is 14.8. The van der Waals surface area contributed by atoms with Crippen molar-refractivity contribution in [3.05, 3.63) is 93.5 Å². The average molecular weight is 454 g/mol. The number of hydrogen-bond acceptors (Lipinski definition) is 3. The number of ether oxygens (including phenoxy) is 1. The molecule has 0 unspecified atom stereocenters. The summed E-state index contributed by atoms with van der Waals surface area (Å²) in [5.74, 6) is 0.873. The molecular formula is C24H21Cl2N3O2. The normalized spacial score (nSPS) is 14.5. The van der Waals surface area contributed by atoms with Crippen LogP contribution in [0.3, 0.4) is 0 Å². The van der Waals surface area contributed by atoms with E-state index in [4.69, 9.17) is 27.9 Å². The highest BCUT2D eigenvalue weighted by Crippen LogP contribution is 2.35. The minimum Gasteiger partial charge on any atom is -0.487 e. The van der Waals surface area contributed by atoms with E-state index in [0.717, 1.165) is 28.9 Å². The molecule has 4 rings (SSSR count). The SMILES string of the molecule is CC1(C)Cc2cc(/C(=N/NC(=O)Nc3ccc(Cl)cc3)c3ccc(Cl)cc3)ccc2O1. The molecule has 0 saturated carbocycles. The second-order valence-corrected chi connectivity index (χ2v) is 8.77. The Balaban J connectivity index is 1.61. The van der Waals surface area contributed by atoms with Crippen molar-refractivity contribution in [1.29, 1.82) is 0 Å². The highest BCUT2D eigenvalue weighted by molar-refractivity contribution is 6.31. The van der Waals surface area contributed by atoms with Crippen molar-refractivity contribution in [3.63, 3.8) is 0 Å². The molecule has 158 valence electrons. The Morgan fingerprint density at radius 2 is 1.55 bits per heavy atom. The zero-order chi connectivity index (χ0) is 22.0. The van der Waals surface area contributed by atoms with Crippen molar-refractivity contribution in [3.8, 4) is 5.75 Å². The predicted molar refractivity (Wildman–Crippen MR) is 126 cm³/mol. The average Bonchev–Trinajstić information content (AvgIpc) is 3.04. The molecule has 7 heteroatoms. The lowest BCUT2D eigenvalue weighted by atomic mass is 9.96. The largest absolute Gasteiger partial charge is 0.487 e. The molecule has 2 N–H and O–H groups in total. The molecule has 0 aromatic heterocycles. The second kappa shape index (κ2) is 8.61. The highest BCUT2D eigenvalue weighted by atomic mass is 35.5. The van der Waals surface area contributed by atoms with Crippen LogP contribution < -0.4 is 15.5 Å². The van der Waals surface area contributed by atoms with Crippen LogP contribution in [0.4, 0.5) is 10.5 Å². The zero-order valence-corrected chi connectivity index (χ0v) is 18.6. The monoisotopic (exact) mass is 453 g/mol. The topological polar surface area (TPSA) is 62.7 Å². The fourth-order valence-electron chi connectivity index (χ4n) is 3.46. The van der Waals surface area contributed by atoms with Gasteiger partial charge in [-0.3, -0.25) is 0 Å². The molecule has 3 aromatic rings. The lowest BCUT2D eigenvalue weighted by molar-refractivity contribution is 0.138. The molecule has 0 fully saturated rings. The smallest absolute Gasteiger partial charge is 0.339 e. The third kappa shape index (κ3) is 5.19. The van der Waals surface area contributed by atoms with Gasteiger partial charge in [-0.25, -0.2) is 10.2 Å². The van der Waals surface area contributed by atoms with E-state index in [9.17, 15) is 4.79 Å². The summed E-state index contributed by atoms with van der Waals surface area (Å²) in [5.41, 5.74) is 6.38. The maximum atomic E-state index is 12.4. The summed E-state index contributed by atoms with van der Waals surface area (Å²) >= 11 is 11.9. The number of amides is 2. The Kier molecular flexibility index (Phi) is 5.90. The van der Waals surface area contributed by atoms with Gasteiger partial charge in [0.15, 0.2) is 0 Å². The lowest BCUT2D eigenvalue weighted by Crippen LogP contribution is -2.26. The van der Waals surface area contributed by atoms with Crippen molar-refractivity contribution in [2.24, 2.45) is 5.10 Å². The van der Waals surface area contributed by atoms with Gasteiger partial charge in [0, 0.05) is 33.3 Å². The van der Waals surface area contributed by atoms with Gasteiger partial charge >= 0.3 is 6.03 Å². The van der Waals surface area contributed by atoms with Crippen molar-refractivity contribution in [2.45, 2.75) is 25.9 Å². The number of hydrazone groups is 1. The number of carbonyl (C=O) groups is 1. The van der Waals surface area contributed by atoms with Crippen LogP contribution in [0.2, 0.25) is 10.0 Å². The number of urea groups is 1. The molecule has 0 spiro atoms. The van der Waals surface area contributed by atoms with Crippen molar-refractivity contribution < 1.29 is 9.53 Å². The predicted octanol–water partition coefficient (Wildman–Crippen LogP) is 6.28. The molecule has 2 amide bonds. The Morgan fingerprint density at radius 1 is 0.935 bits per heavy atom. The van der Waals surface area contributed by atoms with E-state index in [1.165, 1.54) is 0 Å². The zero-order valence-electron chi connectivity index (χ0n) is 17.1. The van der Waals surface area contributed by atoms with Crippen LogP contribution in [-0.4, -0.2) is 17.3 Å². The van der Waals surface area contributed by atoms with Gasteiger partial charge in [0.1, 0.15) is 11.4 Å². The Bertz CT molecular complexity index is 1140. The van der Waals surface area contributed by atoms with Gasteiger partial charge in [-0.15, -0.1) is 0 Å². The van der Waals surface area contributed by atoms with E-state index >= 15 is 0 Å². The molecule has 1 heterocycles. The first kappa shape index (κ1) is 21.2. The van der Waals surface area contributed by atoms with E-state index in [1.807, 2.05) is 24.3 Å². The van der Waals surface area contributed by atoms with Crippen LogP contribution in [0, 0.1) is 0 Å². The number of hydrogen-bond donors (Lipinski definition) is 2. The van der Waals surface area contributed by atoms with Crippen molar-refractivity contribution in [1.82, 2.24) is 5.43 Å². The summed E-state index contributed by atoms with van der Waals surface area (Å²) in [6.45, 7) is 4.12. The maximum absolute atomic E-state index is 12.4. The third-order valence-corrected chi connectivity index (χ3v) is 5.33. The minimum absolute atomic E-state index is 0.241. The number of halogens is 2. The second-order valence-electron chi connectivity index (χ2n) is 7.90. The van der Waals surface area contributed by atoms with Gasteiger partial charge in [-0.05, 0) is 74.0 Å². The number of anilines is 1. The number of carbonyl (C=O) groups excluding carboxylic acids is 1. The van der Waals surface area contributed by atoms with Crippen molar-refractivity contribution >= 4 is 40.6 Å². The van der Waals surface area contributed by atoms with Crippen LogP contribution in [-0.2, 0) is 6.42 Å². The summed E-state index contributed by atoms with van der Waals surface area (Å²) in [5, 5.41) is 8.37. The molecule has 0 saturated heterocycles. The fraction of sp³-hybridized carbons (Fsp3) is 0.167. The van der Waals surface area contributed by atoms with Crippen molar-refractivity contribution in [2.75, 3.05) is 5.32 Å². The number of rotatable bonds is 4. The number of nitrogens with zero attached hydrogens (tertiary/aromatic N) is 1. The van der Waals surface area contributed by atoms with E-state index in [-0.39, 0.29) is 5.60 Å². The molecule has 5 nitrogen and oxygen atoms in total. The van der Waals surface area contributed by atoms with E-state index in [0.29, 0.717) is 21.4 Å². The standard InChI is InChI=1S/C24H21Cl2N3O2/c1-24(2)14-17-13-16(5-12-21(17)31-24)22(15-3-6-18(25)7-4-15)28-29-23(30)27-20-10-8-19(26)9-11-20/h3-13H,14H2,1-2H3,(H2,27,29,30)/b28-22+. The van der Waals surface area contributed by atoms with Gasteiger partial charge < -0.3 is 10.1 Å². The Hall–Kier alpha value is -3.02. The summed E-state index contributed by atoms with van der Waals surface area (Å²) in [6, 6.07) is 19.6. The van der Waals surface area contributed by atoms with E-state index in [1.54, 1.807) is 36.4 Å². The Morgan fingerprint density at radius 3 is 2.23 bits per heavy atom. The van der Waals surface area contributed by atoms with Gasteiger partial charge in [0.2, 0.25) is 0 Å². The molecular weight excluding hydrogens is 433 g/mol. The number of nitrogens with one attached hydrogen (secondary N) is 2. The first-order valence-corrected chi connectivity index (χ1v) is 10.5. The van der Waals surface area contributed by atoms with Crippen LogP contribution in [0.1, 0.15) is 30.5 Å². The molecule has 1 aliphatic rings. The van der Waals surface area contributed by atoms with Gasteiger partial charge in [0.25, 0.3) is 0 Å². The van der Waals surface area contributed by atoms with Crippen LogP contribution in [0.25, 0.3) is 0 Å². The van der Waals surface area contributed by atoms with E-state index in [2.05, 4.69) is 35.8 Å². The summed E-state index contributed by atoms with van der Waals surface area (Å²) in [4.78, 5) is 12.4. The van der Waals surface area contributed by atoms with Gasteiger partial charge in [0.05, 0.1) is 5.71 Å². The summed E-state index contributed by atoms with van der Waals surface area (Å²) in [7, 11) is 0. The van der Waals surface area contributed by atoms with Crippen LogP contribution >= 0.6 is 23.2 Å². The molecule has 0 aliphatic carbocycles. The fourth-order valence-corrected chi connectivity index (χ4v) is 3.71. The Labute approximate surface area is 191 Å². The van der Waals surface area contributed by atoms with Crippen LogP contribution in [0.15, 0.2) is 71.8 Å².